The van der Waals surface area contributed by atoms with Crippen LogP contribution >= 0.6 is 0 Å². The maximum Gasteiger partial charge on any atom is 0.0931 e. The van der Waals surface area contributed by atoms with E-state index in [0.29, 0.717) is 0 Å². The van der Waals surface area contributed by atoms with E-state index < -0.39 is 0 Å². The standard InChI is InChI=1S/C14H22N4/c1-14(2,9-16-7-6-15-3)11-4-5-12-13(8-11)18-10-17-12/h4-5,8,10,15-16H,6-7,9H2,1-3H3,(H,17,18). The van der Waals surface area contributed by atoms with Gasteiger partial charge in [-0.25, -0.2) is 4.98 Å². The van der Waals surface area contributed by atoms with Gasteiger partial charge in [0, 0.05) is 25.0 Å². The lowest BCUT2D eigenvalue weighted by Crippen LogP contribution is -2.36. The number of aromatic amines is 1. The Hall–Kier alpha value is -1.39. The number of likely N-dealkylation sites (N-methyl/N-ethyl adjacent to an activating group) is 1. The van der Waals surface area contributed by atoms with E-state index in [9.17, 15) is 0 Å². The Kier molecular flexibility index (Phi) is 3.99. The van der Waals surface area contributed by atoms with E-state index in [2.05, 4.69) is 52.6 Å². The van der Waals surface area contributed by atoms with Gasteiger partial charge >= 0.3 is 0 Å². The molecule has 18 heavy (non-hydrogen) atoms. The third-order valence-corrected chi connectivity index (χ3v) is 3.32. The molecular formula is C14H22N4. The number of nitrogens with zero attached hydrogens (tertiary/aromatic N) is 1. The monoisotopic (exact) mass is 246 g/mol. The molecule has 0 saturated heterocycles. The van der Waals surface area contributed by atoms with Crippen LogP contribution in [0.4, 0.5) is 0 Å². The van der Waals surface area contributed by atoms with Crippen LogP contribution in [-0.2, 0) is 5.41 Å². The quantitative estimate of drug-likeness (QED) is 0.679. The van der Waals surface area contributed by atoms with Crippen LogP contribution in [0.5, 0.6) is 0 Å². The molecule has 3 N–H and O–H groups in total. The molecule has 4 heteroatoms. The van der Waals surface area contributed by atoms with E-state index in [-0.39, 0.29) is 5.41 Å². The molecule has 0 atom stereocenters. The first-order valence-corrected chi connectivity index (χ1v) is 6.42. The van der Waals surface area contributed by atoms with E-state index in [0.717, 1.165) is 30.7 Å². The van der Waals surface area contributed by atoms with Gasteiger partial charge in [-0.3, -0.25) is 0 Å². The van der Waals surface area contributed by atoms with Crippen molar-refractivity contribution in [2.75, 3.05) is 26.7 Å². The number of aromatic nitrogens is 2. The molecular weight excluding hydrogens is 224 g/mol. The second-order valence-electron chi connectivity index (χ2n) is 5.30. The number of imidazole rings is 1. The molecule has 0 radical (unpaired) electrons. The minimum Gasteiger partial charge on any atom is -0.345 e. The number of hydrogen-bond acceptors (Lipinski definition) is 3. The summed E-state index contributed by atoms with van der Waals surface area (Å²) in [4.78, 5) is 7.42. The van der Waals surface area contributed by atoms with E-state index in [1.807, 2.05) is 7.05 Å². The summed E-state index contributed by atoms with van der Waals surface area (Å²) in [7, 11) is 1.97. The van der Waals surface area contributed by atoms with Gasteiger partial charge in [-0.1, -0.05) is 19.9 Å². The van der Waals surface area contributed by atoms with Gasteiger partial charge in [-0.05, 0) is 24.7 Å². The number of hydrogen-bond donors (Lipinski definition) is 3. The summed E-state index contributed by atoms with van der Waals surface area (Å²) in [6, 6.07) is 6.45. The largest absolute Gasteiger partial charge is 0.345 e. The summed E-state index contributed by atoms with van der Waals surface area (Å²) in [5.41, 5.74) is 3.58. The van der Waals surface area contributed by atoms with Crippen molar-refractivity contribution in [1.29, 1.82) is 0 Å². The third-order valence-electron chi connectivity index (χ3n) is 3.32. The van der Waals surface area contributed by atoms with Gasteiger partial charge in [0.1, 0.15) is 0 Å². The molecule has 98 valence electrons. The van der Waals surface area contributed by atoms with E-state index >= 15 is 0 Å². The maximum absolute atomic E-state index is 4.25. The van der Waals surface area contributed by atoms with Crippen molar-refractivity contribution >= 4 is 11.0 Å². The highest BCUT2D eigenvalue weighted by atomic mass is 14.9. The fraction of sp³-hybridized carbons (Fsp3) is 0.500. The maximum atomic E-state index is 4.25. The summed E-state index contributed by atoms with van der Waals surface area (Å²) in [6.45, 7) is 7.48. The van der Waals surface area contributed by atoms with Crippen molar-refractivity contribution in [2.24, 2.45) is 0 Å². The van der Waals surface area contributed by atoms with E-state index in [1.165, 1.54) is 5.56 Å². The predicted molar refractivity (Wildman–Crippen MR) is 75.9 cm³/mol. The van der Waals surface area contributed by atoms with Crippen LogP contribution in [0.15, 0.2) is 24.5 Å². The average molecular weight is 246 g/mol. The number of nitrogens with one attached hydrogen (secondary N) is 3. The minimum atomic E-state index is 0.118. The Bertz CT molecular complexity index is 501. The second-order valence-corrected chi connectivity index (χ2v) is 5.30. The van der Waals surface area contributed by atoms with Gasteiger partial charge in [-0.2, -0.15) is 0 Å². The Morgan fingerprint density at radius 3 is 2.89 bits per heavy atom. The van der Waals surface area contributed by atoms with Crippen molar-refractivity contribution in [3.8, 4) is 0 Å². The van der Waals surface area contributed by atoms with Gasteiger partial charge in [0.2, 0.25) is 0 Å². The Morgan fingerprint density at radius 2 is 2.11 bits per heavy atom. The molecule has 0 aliphatic heterocycles. The van der Waals surface area contributed by atoms with Crippen molar-refractivity contribution in [1.82, 2.24) is 20.6 Å². The third kappa shape index (κ3) is 2.89. The zero-order chi connectivity index (χ0) is 13.0. The Morgan fingerprint density at radius 1 is 1.28 bits per heavy atom. The molecule has 0 unspecified atom stereocenters. The van der Waals surface area contributed by atoms with Gasteiger partial charge in [0.25, 0.3) is 0 Å². The van der Waals surface area contributed by atoms with Crippen molar-refractivity contribution in [2.45, 2.75) is 19.3 Å². The summed E-state index contributed by atoms with van der Waals surface area (Å²) >= 11 is 0. The van der Waals surface area contributed by atoms with Crippen molar-refractivity contribution < 1.29 is 0 Å². The van der Waals surface area contributed by atoms with Gasteiger partial charge in [0.15, 0.2) is 0 Å². The summed E-state index contributed by atoms with van der Waals surface area (Å²) in [5.74, 6) is 0. The fourth-order valence-corrected chi connectivity index (χ4v) is 2.07. The summed E-state index contributed by atoms with van der Waals surface area (Å²) in [5, 5.41) is 6.62. The van der Waals surface area contributed by atoms with Crippen molar-refractivity contribution in [3.05, 3.63) is 30.1 Å². The highest BCUT2D eigenvalue weighted by Gasteiger charge is 2.20. The number of benzene rings is 1. The van der Waals surface area contributed by atoms with Gasteiger partial charge in [-0.15, -0.1) is 0 Å². The zero-order valence-corrected chi connectivity index (χ0v) is 11.4. The molecule has 1 aromatic heterocycles. The molecule has 2 rings (SSSR count). The van der Waals surface area contributed by atoms with Crippen LogP contribution in [0.2, 0.25) is 0 Å². The second kappa shape index (κ2) is 5.50. The lowest BCUT2D eigenvalue weighted by Gasteiger charge is -2.26. The van der Waals surface area contributed by atoms with E-state index in [4.69, 9.17) is 0 Å². The first-order chi connectivity index (χ1) is 8.63. The zero-order valence-electron chi connectivity index (χ0n) is 11.4. The molecule has 2 aromatic rings. The summed E-state index contributed by atoms with van der Waals surface area (Å²) < 4.78 is 0. The Balaban J connectivity index is 2.07. The van der Waals surface area contributed by atoms with Crippen LogP contribution in [-0.4, -0.2) is 36.6 Å². The normalized spacial score (nSPS) is 12.2. The highest BCUT2D eigenvalue weighted by molar-refractivity contribution is 5.75. The van der Waals surface area contributed by atoms with Gasteiger partial charge in [0.05, 0.1) is 17.4 Å². The summed E-state index contributed by atoms with van der Waals surface area (Å²) in [6.07, 6.45) is 1.74. The van der Waals surface area contributed by atoms with Crippen molar-refractivity contribution in [3.63, 3.8) is 0 Å². The molecule has 0 bridgehead atoms. The molecule has 0 aliphatic rings. The van der Waals surface area contributed by atoms with Gasteiger partial charge < -0.3 is 15.6 Å². The van der Waals surface area contributed by atoms with Crippen LogP contribution < -0.4 is 10.6 Å². The van der Waals surface area contributed by atoms with Crippen LogP contribution in [0.1, 0.15) is 19.4 Å². The highest BCUT2D eigenvalue weighted by Crippen LogP contribution is 2.24. The molecule has 0 spiro atoms. The van der Waals surface area contributed by atoms with Crippen LogP contribution in [0, 0.1) is 0 Å². The van der Waals surface area contributed by atoms with Crippen LogP contribution in [0.3, 0.4) is 0 Å². The molecule has 0 amide bonds. The molecule has 1 aromatic carbocycles. The lowest BCUT2D eigenvalue weighted by molar-refractivity contribution is 0.469. The Labute approximate surface area is 108 Å². The van der Waals surface area contributed by atoms with E-state index in [1.54, 1.807) is 6.33 Å². The SMILES string of the molecule is CNCCNCC(C)(C)c1ccc2nc[nH]c2c1. The minimum absolute atomic E-state index is 0.118. The first-order valence-electron chi connectivity index (χ1n) is 6.42. The average Bonchev–Trinajstić information content (AvgIpc) is 2.82. The first kappa shape index (κ1) is 13.1. The topological polar surface area (TPSA) is 52.7 Å². The smallest absolute Gasteiger partial charge is 0.0931 e. The fourth-order valence-electron chi connectivity index (χ4n) is 2.07. The number of H-pyrrole nitrogens is 1. The predicted octanol–water partition coefficient (Wildman–Crippen LogP) is 1.65. The molecule has 1 heterocycles. The lowest BCUT2D eigenvalue weighted by atomic mass is 9.84. The molecule has 0 fully saturated rings. The molecule has 0 aliphatic carbocycles. The molecule has 0 saturated carbocycles. The molecule has 4 nitrogen and oxygen atoms in total. The van der Waals surface area contributed by atoms with Crippen LogP contribution in [0.25, 0.3) is 11.0 Å². The number of rotatable bonds is 6. The number of fused-ring (bicyclic) bond motifs is 1.